The molecule has 0 aliphatic heterocycles. The second-order valence-electron chi connectivity index (χ2n) is 3.92. The Labute approximate surface area is 113 Å². The SMILES string of the molecule is O=C(NCc1ccco1)Nc1ccc(C(=O)O)cc1O. The Kier molecular flexibility index (Phi) is 3.90. The minimum atomic E-state index is -1.16. The van der Waals surface area contributed by atoms with Gasteiger partial charge in [0.15, 0.2) is 0 Å². The van der Waals surface area contributed by atoms with Gasteiger partial charge in [-0.25, -0.2) is 9.59 Å². The number of aromatic hydroxyl groups is 1. The van der Waals surface area contributed by atoms with Crippen LogP contribution in [0.4, 0.5) is 10.5 Å². The van der Waals surface area contributed by atoms with Crippen LogP contribution >= 0.6 is 0 Å². The Morgan fingerprint density at radius 3 is 2.65 bits per heavy atom. The number of nitrogens with one attached hydrogen (secondary N) is 2. The molecule has 0 saturated heterocycles. The molecule has 7 heteroatoms. The molecule has 0 saturated carbocycles. The van der Waals surface area contributed by atoms with Gasteiger partial charge in [0.25, 0.3) is 0 Å². The molecule has 0 bridgehead atoms. The topological polar surface area (TPSA) is 112 Å². The van der Waals surface area contributed by atoms with Crippen LogP contribution in [-0.4, -0.2) is 22.2 Å². The first-order chi connectivity index (χ1) is 9.56. The van der Waals surface area contributed by atoms with Crippen molar-refractivity contribution in [3.05, 3.63) is 47.9 Å². The molecule has 0 spiro atoms. The number of amides is 2. The minimum Gasteiger partial charge on any atom is -0.506 e. The van der Waals surface area contributed by atoms with Crippen LogP contribution in [0, 0.1) is 0 Å². The Morgan fingerprint density at radius 2 is 2.05 bits per heavy atom. The summed E-state index contributed by atoms with van der Waals surface area (Å²) in [7, 11) is 0. The predicted molar refractivity (Wildman–Crippen MR) is 69.6 cm³/mol. The van der Waals surface area contributed by atoms with Crippen molar-refractivity contribution >= 4 is 17.7 Å². The lowest BCUT2D eigenvalue weighted by molar-refractivity contribution is 0.0696. The van der Waals surface area contributed by atoms with Gasteiger partial charge in [-0.3, -0.25) is 0 Å². The van der Waals surface area contributed by atoms with Gasteiger partial charge in [-0.15, -0.1) is 0 Å². The fraction of sp³-hybridized carbons (Fsp3) is 0.0769. The van der Waals surface area contributed by atoms with E-state index in [9.17, 15) is 14.7 Å². The van der Waals surface area contributed by atoms with Crippen molar-refractivity contribution in [3.8, 4) is 5.75 Å². The Balaban J connectivity index is 1.95. The highest BCUT2D eigenvalue weighted by Crippen LogP contribution is 2.24. The third kappa shape index (κ3) is 3.29. The van der Waals surface area contributed by atoms with Crippen LogP contribution < -0.4 is 10.6 Å². The molecule has 4 N–H and O–H groups in total. The molecule has 2 aromatic rings. The quantitative estimate of drug-likeness (QED) is 0.638. The van der Waals surface area contributed by atoms with Gasteiger partial charge in [-0.1, -0.05) is 0 Å². The highest BCUT2D eigenvalue weighted by molar-refractivity contribution is 5.93. The second kappa shape index (κ2) is 5.79. The van der Waals surface area contributed by atoms with Gasteiger partial charge in [0, 0.05) is 0 Å². The van der Waals surface area contributed by atoms with Crippen molar-refractivity contribution in [2.45, 2.75) is 6.54 Å². The number of urea groups is 1. The molecular weight excluding hydrogens is 264 g/mol. The van der Waals surface area contributed by atoms with Crippen LogP contribution in [0.1, 0.15) is 16.1 Å². The molecular formula is C13H12N2O5. The Bertz CT molecular complexity index is 622. The number of benzene rings is 1. The van der Waals surface area contributed by atoms with Crippen LogP contribution in [0.15, 0.2) is 41.0 Å². The van der Waals surface area contributed by atoms with Crippen molar-refractivity contribution in [1.82, 2.24) is 5.32 Å². The van der Waals surface area contributed by atoms with E-state index in [2.05, 4.69) is 10.6 Å². The van der Waals surface area contributed by atoms with E-state index in [1.807, 2.05) is 0 Å². The lowest BCUT2D eigenvalue weighted by atomic mass is 10.2. The Morgan fingerprint density at radius 1 is 1.25 bits per heavy atom. The Hall–Kier alpha value is -2.96. The number of phenolic OH excluding ortho intramolecular Hbond substituents is 1. The van der Waals surface area contributed by atoms with Gasteiger partial charge in [0.05, 0.1) is 24.1 Å². The fourth-order valence-corrected chi connectivity index (χ4v) is 1.52. The average molecular weight is 276 g/mol. The number of hydrogen-bond donors (Lipinski definition) is 4. The number of carbonyl (C=O) groups excluding carboxylic acids is 1. The first kappa shape index (κ1) is 13.5. The molecule has 2 rings (SSSR count). The van der Waals surface area contributed by atoms with Gasteiger partial charge in [-0.05, 0) is 30.3 Å². The van der Waals surface area contributed by atoms with Crippen LogP contribution in [0.3, 0.4) is 0 Å². The molecule has 0 aliphatic carbocycles. The maximum Gasteiger partial charge on any atom is 0.335 e. The van der Waals surface area contributed by atoms with E-state index >= 15 is 0 Å². The molecule has 0 radical (unpaired) electrons. The van der Waals surface area contributed by atoms with Gasteiger partial charge in [-0.2, -0.15) is 0 Å². The first-order valence-electron chi connectivity index (χ1n) is 5.70. The lowest BCUT2D eigenvalue weighted by Gasteiger charge is -2.08. The van der Waals surface area contributed by atoms with Crippen LogP contribution in [-0.2, 0) is 6.54 Å². The highest BCUT2D eigenvalue weighted by atomic mass is 16.4. The van der Waals surface area contributed by atoms with Crippen molar-refractivity contribution in [3.63, 3.8) is 0 Å². The second-order valence-corrected chi connectivity index (χ2v) is 3.92. The summed E-state index contributed by atoms with van der Waals surface area (Å²) in [6.45, 7) is 0.201. The number of carboxylic acid groups (broad SMARTS) is 1. The third-order valence-electron chi connectivity index (χ3n) is 2.50. The number of carbonyl (C=O) groups is 2. The minimum absolute atomic E-state index is 0.0657. The zero-order valence-electron chi connectivity index (χ0n) is 10.3. The number of hydrogen-bond acceptors (Lipinski definition) is 4. The third-order valence-corrected chi connectivity index (χ3v) is 2.50. The molecule has 1 heterocycles. The van der Waals surface area contributed by atoms with E-state index in [1.165, 1.54) is 18.4 Å². The van der Waals surface area contributed by atoms with Crippen molar-refractivity contribution < 1.29 is 24.2 Å². The summed E-state index contributed by atoms with van der Waals surface area (Å²) in [6, 6.07) is 6.52. The van der Waals surface area contributed by atoms with Crippen molar-refractivity contribution in [1.29, 1.82) is 0 Å². The van der Waals surface area contributed by atoms with Gasteiger partial charge in [0.2, 0.25) is 0 Å². The maximum atomic E-state index is 11.6. The van der Waals surface area contributed by atoms with Gasteiger partial charge < -0.3 is 25.3 Å². The fourth-order valence-electron chi connectivity index (χ4n) is 1.52. The molecule has 0 fully saturated rings. The van der Waals surface area contributed by atoms with Crippen molar-refractivity contribution in [2.75, 3.05) is 5.32 Å². The van der Waals surface area contributed by atoms with Crippen molar-refractivity contribution in [2.24, 2.45) is 0 Å². The normalized spacial score (nSPS) is 10.0. The largest absolute Gasteiger partial charge is 0.506 e. The predicted octanol–water partition coefficient (Wildman–Crippen LogP) is 2.01. The molecule has 104 valence electrons. The zero-order chi connectivity index (χ0) is 14.5. The number of anilines is 1. The van der Waals surface area contributed by atoms with E-state index in [0.29, 0.717) is 5.76 Å². The molecule has 0 aliphatic rings. The number of carboxylic acids is 1. The molecule has 1 aromatic carbocycles. The lowest BCUT2D eigenvalue weighted by Crippen LogP contribution is -2.28. The van der Waals surface area contributed by atoms with E-state index < -0.39 is 12.0 Å². The van der Waals surface area contributed by atoms with Crippen LogP contribution in [0.5, 0.6) is 5.75 Å². The average Bonchev–Trinajstić information content (AvgIpc) is 2.91. The summed E-state index contributed by atoms with van der Waals surface area (Å²) < 4.78 is 5.04. The number of furan rings is 1. The smallest absolute Gasteiger partial charge is 0.335 e. The monoisotopic (exact) mass is 276 g/mol. The highest BCUT2D eigenvalue weighted by Gasteiger charge is 2.10. The summed E-state index contributed by atoms with van der Waals surface area (Å²) in [5.74, 6) is -0.891. The van der Waals surface area contributed by atoms with Crippen LogP contribution in [0.2, 0.25) is 0 Å². The maximum absolute atomic E-state index is 11.6. The van der Waals surface area contributed by atoms with E-state index in [4.69, 9.17) is 9.52 Å². The van der Waals surface area contributed by atoms with Gasteiger partial charge in [0.1, 0.15) is 11.5 Å². The standard InChI is InChI=1S/C13H12N2O5/c16-11-6-8(12(17)18)3-4-10(11)15-13(19)14-7-9-2-1-5-20-9/h1-6,16H,7H2,(H,17,18)(H2,14,15,19). The van der Waals surface area contributed by atoms with Gasteiger partial charge >= 0.3 is 12.0 Å². The molecule has 1 aromatic heterocycles. The molecule has 2 amide bonds. The van der Waals surface area contributed by atoms with E-state index in [1.54, 1.807) is 12.1 Å². The summed E-state index contributed by atoms with van der Waals surface area (Å²) in [5, 5.41) is 23.3. The number of rotatable bonds is 4. The summed E-state index contributed by atoms with van der Waals surface area (Å²) >= 11 is 0. The van der Waals surface area contributed by atoms with Crippen LogP contribution in [0.25, 0.3) is 0 Å². The molecule has 20 heavy (non-hydrogen) atoms. The molecule has 7 nitrogen and oxygen atoms in total. The molecule has 0 atom stereocenters. The number of phenols is 1. The van der Waals surface area contributed by atoms with E-state index in [-0.39, 0.29) is 23.5 Å². The molecule has 0 unspecified atom stereocenters. The summed E-state index contributed by atoms with van der Waals surface area (Å²) in [6.07, 6.45) is 1.49. The zero-order valence-corrected chi connectivity index (χ0v) is 10.3. The first-order valence-corrected chi connectivity index (χ1v) is 5.70. The summed E-state index contributed by atoms with van der Waals surface area (Å²) in [4.78, 5) is 22.3. The number of aromatic carboxylic acids is 1. The summed E-state index contributed by atoms with van der Waals surface area (Å²) in [5.41, 5.74) is 0.0518. The van der Waals surface area contributed by atoms with E-state index in [0.717, 1.165) is 6.07 Å².